The van der Waals surface area contributed by atoms with Gasteiger partial charge in [0.1, 0.15) is 0 Å². The number of nitrogens with zero attached hydrogens (tertiary/aromatic N) is 1. The van der Waals surface area contributed by atoms with Gasteiger partial charge in [-0.25, -0.2) is 4.79 Å². The fourth-order valence-electron chi connectivity index (χ4n) is 0.142. The molecule has 0 aliphatic rings. The Morgan fingerprint density at radius 2 is 2.12 bits per heavy atom. The average Bonchev–Trinajstić information content (AvgIpc) is 1.65. The number of rotatable bonds is 0. The number of hydrogen-bond acceptors (Lipinski definition) is 2. The summed E-state index contributed by atoms with van der Waals surface area (Å²) in [5, 5.41) is 0. The minimum atomic E-state index is -0.673. The molecule has 0 radical (unpaired) electrons. The first-order valence-electron chi connectivity index (χ1n) is 1.70. The minimum Gasteiger partial charge on any atom is -0.370 e. The third-order valence-corrected chi connectivity index (χ3v) is 0.518. The molecule has 0 spiro atoms. The molecule has 0 fully saturated rings. The molecule has 0 aliphatic heterocycles. The van der Waals surface area contributed by atoms with E-state index in [9.17, 15) is 4.79 Å². The van der Waals surface area contributed by atoms with Crippen LogP contribution in [0.1, 0.15) is 0 Å². The van der Waals surface area contributed by atoms with E-state index in [2.05, 4.69) is 17.8 Å². The number of carbonyl (C=O) groups is 1. The molecule has 0 bridgehead atoms. The van der Waals surface area contributed by atoms with Crippen LogP contribution >= 0.6 is 12.8 Å². The van der Waals surface area contributed by atoms with Crippen molar-refractivity contribution < 1.29 is 4.79 Å². The van der Waals surface area contributed by atoms with Crippen LogP contribution < -0.4 is 16.2 Å². The van der Waals surface area contributed by atoms with Gasteiger partial charge in [0.15, 0.2) is 5.96 Å². The van der Waals surface area contributed by atoms with Gasteiger partial charge in [-0.05, 0) is 0 Å². The second-order valence-corrected chi connectivity index (χ2v) is 1.18. The summed E-state index contributed by atoms with van der Waals surface area (Å²) in [5.74, 6) is -0.281. The molecule has 6 heteroatoms. The second-order valence-electron chi connectivity index (χ2n) is 0.954. The van der Waals surface area contributed by atoms with Crippen molar-refractivity contribution >= 4 is 24.8 Å². The molecule has 0 atom stereocenters. The normalized spacial score (nSPS) is 7.62. The van der Waals surface area contributed by atoms with E-state index in [-0.39, 0.29) is 5.96 Å². The van der Waals surface area contributed by atoms with Gasteiger partial charge in [-0.2, -0.15) is 4.99 Å². The van der Waals surface area contributed by atoms with E-state index in [4.69, 9.17) is 11.5 Å². The van der Waals surface area contributed by atoms with Crippen LogP contribution in [0.3, 0.4) is 0 Å². The molecule has 5 nitrogen and oxygen atoms in total. The first-order chi connectivity index (χ1) is 3.66. The topological polar surface area (TPSA) is 93.5 Å². The summed E-state index contributed by atoms with van der Waals surface area (Å²) in [4.78, 5) is 13.1. The number of aliphatic imine (C=N–C) groups is 1. The molecule has 5 N–H and O–H groups in total. The van der Waals surface area contributed by atoms with Crippen molar-refractivity contribution in [3.05, 3.63) is 0 Å². The third-order valence-electron chi connectivity index (χ3n) is 0.326. The second kappa shape index (κ2) is 3.14. The Labute approximate surface area is 51.7 Å². The van der Waals surface area contributed by atoms with Crippen LogP contribution in [0.25, 0.3) is 0 Å². The SMILES string of the molecule is NC(N)=NC(=O)NS. The van der Waals surface area contributed by atoms with E-state index in [1.54, 1.807) is 0 Å². The van der Waals surface area contributed by atoms with Crippen LogP contribution in [-0.2, 0) is 0 Å². The molecule has 0 rings (SSSR count). The van der Waals surface area contributed by atoms with E-state index >= 15 is 0 Å². The number of urea groups is 1. The number of carbonyl (C=O) groups excluding carboxylic acids is 1. The Balaban J connectivity index is 3.70. The Hall–Kier alpha value is -0.910. The van der Waals surface area contributed by atoms with Crippen molar-refractivity contribution in [1.29, 1.82) is 0 Å². The maximum absolute atomic E-state index is 10.1. The maximum Gasteiger partial charge on any atom is 0.353 e. The molecule has 0 aromatic heterocycles. The van der Waals surface area contributed by atoms with Gasteiger partial charge in [0.05, 0.1) is 0 Å². The van der Waals surface area contributed by atoms with Crippen molar-refractivity contribution in [3.8, 4) is 0 Å². The average molecular weight is 134 g/mol. The highest BCUT2D eigenvalue weighted by Gasteiger charge is 1.89. The van der Waals surface area contributed by atoms with Gasteiger partial charge < -0.3 is 11.5 Å². The van der Waals surface area contributed by atoms with E-state index in [0.717, 1.165) is 0 Å². The smallest absolute Gasteiger partial charge is 0.353 e. The zero-order valence-corrected chi connectivity index (χ0v) is 4.85. The van der Waals surface area contributed by atoms with Gasteiger partial charge in [0, 0.05) is 0 Å². The highest BCUT2D eigenvalue weighted by atomic mass is 32.1. The Morgan fingerprint density at radius 1 is 1.62 bits per heavy atom. The maximum atomic E-state index is 10.1. The summed E-state index contributed by atoms with van der Waals surface area (Å²) in [7, 11) is 0. The van der Waals surface area contributed by atoms with Crippen molar-refractivity contribution in [3.63, 3.8) is 0 Å². The zero-order chi connectivity index (χ0) is 6.57. The Bertz CT molecular complexity index is 117. The van der Waals surface area contributed by atoms with Crippen LogP contribution in [0.4, 0.5) is 4.79 Å². The van der Waals surface area contributed by atoms with E-state index in [0.29, 0.717) is 0 Å². The van der Waals surface area contributed by atoms with Crippen LogP contribution in [0.5, 0.6) is 0 Å². The molecule has 0 saturated carbocycles. The minimum absolute atomic E-state index is 0.281. The molecule has 0 aromatic carbocycles. The van der Waals surface area contributed by atoms with E-state index in [1.807, 2.05) is 4.72 Å². The lowest BCUT2D eigenvalue weighted by molar-refractivity contribution is 0.254. The van der Waals surface area contributed by atoms with Gasteiger partial charge >= 0.3 is 6.03 Å². The Morgan fingerprint density at radius 3 is 2.25 bits per heavy atom. The summed E-state index contributed by atoms with van der Waals surface area (Å²) in [6, 6.07) is -0.673. The molecular formula is C2H6N4OS. The molecule has 2 amide bonds. The van der Waals surface area contributed by atoms with Gasteiger partial charge in [-0.15, -0.1) is 0 Å². The number of thiol groups is 1. The lowest BCUT2D eigenvalue weighted by Gasteiger charge is -1.87. The summed E-state index contributed by atoms with van der Waals surface area (Å²) >= 11 is 3.37. The van der Waals surface area contributed by atoms with Crippen LogP contribution in [0.2, 0.25) is 0 Å². The van der Waals surface area contributed by atoms with Crippen LogP contribution in [-0.4, -0.2) is 12.0 Å². The molecular weight excluding hydrogens is 128 g/mol. The molecule has 0 aromatic rings. The zero-order valence-electron chi connectivity index (χ0n) is 3.96. The van der Waals surface area contributed by atoms with Crippen molar-refractivity contribution in [2.75, 3.05) is 0 Å². The molecule has 0 unspecified atom stereocenters. The molecule has 0 saturated heterocycles. The monoisotopic (exact) mass is 134 g/mol. The number of hydrogen-bond donors (Lipinski definition) is 4. The summed E-state index contributed by atoms with van der Waals surface area (Å²) < 4.78 is 1.90. The fraction of sp³-hybridized carbons (Fsp3) is 0. The lowest BCUT2D eigenvalue weighted by atomic mass is 11.0. The van der Waals surface area contributed by atoms with E-state index < -0.39 is 6.03 Å². The number of amides is 2. The van der Waals surface area contributed by atoms with Gasteiger partial charge in [0.25, 0.3) is 0 Å². The molecule has 46 valence electrons. The van der Waals surface area contributed by atoms with Crippen LogP contribution in [0, 0.1) is 0 Å². The Kier molecular flexibility index (Phi) is 2.78. The first kappa shape index (κ1) is 7.09. The van der Waals surface area contributed by atoms with Crippen molar-refractivity contribution in [1.82, 2.24) is 4.72 Å². The first-order valence-corrected chi connectivity index (χ1v) is 2.15. The number of guanidine groups is 1. The molecule has 0 aliphatic carbocycles. The van der Waals surface area contributed by atoms with Gasteiger partial charge in [-0.3, -0.25) is 4.72 Å². The fourth-order valence-corrected chi connectivity index (χ4v) is 0.192. The predicted octanol–water partition coefficient (Wildman–Crippen LogP) is -1.19. The highest BCUT2D eigenvalue weighted by molar-refractivity contribution is 7.78. The summed E-state index contributed by atoms with van der Waals surface area (Å²) in [6.07, 6.45) is 0. The van der Waals surface area contributed by atoms with Gasteiger partial charge in [0.2, 0.25) is 0 Å². The van der Waals surface area contributed by atoms with Crippen molar-refractivity contribution in [2.24, 2.45) is 16.5 Å². The van der Waals surface area contributed by atoms with E-state index in [1.165, 1.54) is 0 Å². The standard InChI is InChI=1S/C2H6N4OS/c3-1(4)5-2(7)6-8/h8H,(H5,3,4,5,6,7). The number of nitrogens with two attached hydrogens (primary N) is 2. The summed E-state index contributed by atoms with van der Waals surface area (Å²) in [6.45, 7) is 0. The lowest BCUT2D eigenvalue weighted by Crippen LogP contribution is -2.25. The quantitative estimate of drug-likeness (QED) is 0.191. The highest BCUT2D eigenvalue weighted by Crippen LogP contribution is 1.71. The largest absolute Gasteiger partial charge is 0.370 e. The molecule has 0 heterocycles. The molecule has 8 heavy (non-hydrogen) atoms. The number of nitrogens with one attached hydrogen (secondary N) is 1. The third kappa shape index (κ3) is 3.29. The summed E-state index contributed by atoms with van der Waals surface area (Å²) in [5.41, 5.74) is 9.60. The van der Waals surface area contributed by atoms with Gasteiger partial charge in [-0.1, -0.05) is 12.8 Å². The van der Waals surface area contributed by atoms with Crippen LogP contribution in [0.15, 0.2) is 4.99 Å². The van der Waals surface area contributed by atoms with Crippen molar-refractivity contribution in [2.45, 2.75) is 0 Å². The predicted molar refractivity (Wildman–Crippen MR) is 33.3 cm³/mol.